The zero-order valence-corrected chi connectivity index (χ0v) is 18.6. The van der Waals surface area contributed by atoms with E-state index >= 15 is 0 Å². The van der Waals surface area contributed by atoms with E-state index in [0.29, 0.717) is 11.4 Å². The van der Waals surface area contributed by atoms with Crippen LogP contribution in [0.2, 0.25) is 0 Å². The van der Waals surface area contributed by atoms with E-state index in [0.717, 1.165) is 19.3 Å². The molecule has 13 heteroatoms. The van der Waals surface area contributed by atoms with Crippen LogP contribution in [-0.2, 0) is 14.3 Å². The van der Waals surface area contributed by atoms with E-state index in [1.165, 1.54) is 4.90 Å². The van der Waals surface area contributed by atoms with Gasteiger partial charge >= 0.3 is 12.4 Å². The highest BCUT2D eigenvalue weighted by molar-refractivity contribution is 5.85. The van der Waals surface area contributed by atoms with Gasteiger partial charge in [0.05, 0.1) is 25.3 Å². The molecular weight excluding hydrogens is 472 g/mol. The van der Waals surface area contributed by atoms with Gasteiger partial charge in [-0.25, -0.2) is 0 Å². The van der Waals surface area contributed by atoms with Crippen LogP contribution >= 0.6 is 0 Å². The van der Waals surface area contributed by atoms with Gasteiger partial charge in [0.15, 0.2) is 6.10 Å². The van der Waals surface area contributed by atoms with Crippen LogP contribution in [-0.4, -0.2) is 96.7 Å². The number of nitrogens with zero attached hydrogens (tertiary/aromatic N) is 2. The minimum atomic E-state index is -4.98. The second kappa shape index (κ2) is 8.81. The number of amides is 2. The van der Waals surface area contributed by atoms with E-state index in [4.69, 9.17) is 0 Å². The third-order valence-electron chi connectivity index (χ3n) is 8.11. The predicted molar refractivity (Wildman–Crippen MR) is 105 cm³/mol. The number of piperidine rings is 2. The fourth-order valence-corrected chi connectivity index (χ4v) is 5.61. The lowest BCUT2D eigenvalue weighted by molar-refractivity contribution is -0.252. The highest BCUT2D eigenvalue weighted by Crippen LogP contribution is 2.49. The molecule has 3 aliphatic heterocycles. The van der Waals surface area contributed by atoms with Crippen molar-refractivity contribution >= 4 is 11.8 Å². The second-order valence-corrected chi connectivity index (χ2v) is 9.96. The number of hydrogen-bond acceptors (Lipinski definition) is 5. The molecule has 0 bridgehead atoms. The average molecular weight is 501 g/mol. The Balaban J connectivity index is 1.42. The van der Waals surface area contributed by atoms with Crippen LogP contribution in [0.1, 0.15) is 38.5 Å². The molecule has 1 saturated carbocycles. The first-order valence-electron chi connectivity index (χ1n) is 11.5. The maximum Gasteiger partial charge on any atom is 0.416 e. The van der Waals surface area contributed by atoms with Crippen molar-refractivity contribution in [2.45, 2.75) is 69.1 Å². The Bertz CT molecular complexity index is 792. The lowest BCUT2D eigenvalue weighted by Gasteiger charge is -2.51. The van der Waals surface area contributed by atoms with Gasteiger partial charge in [0.1, 0.15) is 5.41 Å². The molecule has 2 amide bonds. The van der Waals surface area contributed by atoms with Crippen molar-refractivity contribution in [1.29, 1.82) is 0 Å². The zero-order valence-electron chi connectivity index (χ0n) is 18.6. The Morgan fingerprint density at radius 3 is 2.12 bits per heavy atom. The predicted octanol–water partition coefficient (Wildman–Crippen LogP) is 1.84. The fraction of sp³-hybridized carbons (Fsp3) is 0.905. The van der Waals surface area contributed by atoms with Crippen molar-refractivity contribution in [3.05, 3.63) is 0 Å². The van der Waals surface area contributed by atoms with Crippen molar-refractivity contribution in [2.24, 2.45) is 10.8 Å². The first kappa shape index (κ1) is 25.5. The maximum atomic E-state index is 14.1. The van der Waals surface area contributed by atoms with Gasteiger partial charge in [-0.3, -0.25) is 9.59 Å². The molecule has 4 aliphatic rings. The Labute approximate surface area is 192 Å². The summed E-state index contributed by atoms with van der Waals surface area (Å²) in [6.07, 6.45) is -11.3. The number of morpholine rings is 1. The van der Waals surface area contributed by atoms with Crippen molar-refractivity contribution in [1.82, 2.24) is 15.1 Å². The SMILES string of the molecule is O=C([C@@H]1C[C@@H](O)C2(CCC2)CN1)N1CCC(C(=O)N2CCO[C@@H](C(F)(F)F)C2)(C(F)(F)F)CC1. The number of carbonyl (C=O) groups is 2. The van der Waals surface area contributed by atoms with E-state index < -0.39 is 73.8 Å². The molecule has 194 valence electrons. The molecule has 1 aliphatic carbocycles. The van der Waals surface area contributed by atoms with Gasteiger partial charge in [-0.15, -0.1) is 0 Å². The minimum absolute atomic E-state index is 0.172. The van der Waals surface area contributed by atoms with Gasteiger partial charge in [-0.1, -0.05) is 6.42 Å². The van der Waals surface area contributed by atoms with E-state index in [9.17, 15) is 41.0 Å². The molecule has 2 N–H and O–H groups in total. The summed E-state index contributed by atoms with van der Waals surface area (Å²) in [6.45, 7) is -2.11. The second-order valence-electron chi connectivity index (χ2n) is 9.96. The molecule has 0 aromatic rings. The molecule has 3 atom stereocenters. The summed E-state index contributed by atoms with van der Waals surface area (Å²) in [4.78, 5) is 27.7. The van der Waals surface area contributed by atoms with Gasteiger partial charge in [0.2, 0.25) is 11.8 Å². The molecule has 3 saturated heterocycles. The topological polar surface area (TPSA) is 82.1 Å². The highest BCUT2D eigenvalue weighted by Gasteiger charge is 2.63. The third-order valence-corrected chi connectivity index (χ3v) is 8.11. The summed E-state index contributed by atoms with van der Waals surface area (Å²) >= 11 is 0. The smallest absolute Gasteiger partial charge is 0.392 e. The van der Waals surface area contributed by atoms with E-state index in [1.54, 1.807) is 0 Å². The molecule has 34 heavy (non-hydrogen) atoms. The van der Waals surface area contributed by atoms with Gasteiger partial charge in [0.25, 0.3) is 0 Å². The number of alkyl halides is 6. The molecule has 1 spiro atoms. The summed E-state index contributed by atoms with van der Waals surface area (Å²) < 4.78 is 86.1. The van der Waals surface area contributed by atoms with Crippen molar-refractivity contribution in [3.63, 3.8) is 0 Å². The number of aliphatic hydroxyl groups is 1. The summed E-state index contributed by atoms with van der Waals surface area (Å²) in [5.41, 5.74) is -3.09. The number of aliphatic hydroxyl groups excluding tert-OH is 1. The van der Waals surface area contributed by atoms with Crippen LogP contribution in [0.15, 0.2) is 0 Å². The number of nitrogens with one attached hydrogen (secondary N) is 1. The zero-order chi connectivity index (χ0) is 24.9. The molecule has 0 aromatic heterocycles. The summed E-state index contributed by atoms with van der Waals surface area (Å²) in [6, 6.07) is -0.720. The average Bonchev–Trinajstić information content (AvgIpc) is 2.75. The maximum absolute atomic E-state index is 14.1. The minimum Gasteiger partial charge on any atom is -0.392 e. The van der Waals surface area contributed by atoms with Crippen LogP contribution in [0.3, 0.4) is 0 Å². The number of carbonyl (C=O) groups excluding carboxylic acids is 2. The van der Waals surface area contributed by atoms with E-state index in [1.807, 2.05) is 0 Å². The summed E-state index contributed by atoms with van der Waals surface area (Å²) in [7, 11) is 0. The first-order chi connectivity index (χ1) is 15.8. The van der Waals surface area contributed by atoms with Crippen LogP contribution in [0.5, 0.6) is 0 Å². The highest BCUT2D eigenvalue weighted by atomic mass is 19.4. The van der Waals surface area contributed by atoms with E-state index in [2.05, 4.69) is 10.1 Å². The largest absolute Gasteiger partial charge is 0.416 e. The summed E-state index contributed by atoms with van der Waals surface area (Å²) in [5.74, 6) is -1.83. The molecule has 0 unspecified atom stereocenters. The van der Waals surface area contributed by atoms with Crippen LogP contribution < -0.4 is 5.32 Å². The Morgan fingerprint density at radius 1 is 0.971 bits per heavy atom. The number of ether oxygens (including phenoxy) is 1. The fourth-order valence-electron chi connectivity index (χ4n) is 5.61. The quantitative estimate of drug-likeness (QED) is 0.565. The van der Waals surface area contributed by atoms with Crippen LogP contribution in [0, 0.1) is 10.8 Å². The van der Waals surface area contributed by atoms with E-state index in [-0.39, 0.29) is 31.5 Å². The number of rotatable bonds is 2. The standard InChI is InChI=1S/C21H29F6N3O4/c22-20(23,24)15-11-30(8-9-34-15)17(33)19(21(25,26)27)4-6-29(7-5-19)16(32)13-10-14(31)18(12-28-13)2-1-3-18/h13-15,28,31H,1-12H2/t13-,14+,15+/m0/s1. The van der Waals surface area contributed by atoms with Gasteiger partial charge < -0.3 is 25.0 Å². The third kappa shape index (κ3) is 4.39. The molecule has 7 nitrogen and oxygen atoms in total. The first-order valence-corrected chi connectivity index (χ1v) is 11.5. The Hall–Kier alpha value is -1.60. The van der Waals surface area contributed by atoms with Crippen LogP contribution in [0.4, 0.5) is 26.3 Å². The number of likely N-dealkylation sites (tertiary alicyclic amines) is 1. The molecule has 0 radical (unpaired) electrons. The Morgan fingerprint density at radius 2 is 1.62 bits per heavy atom. The van der Waals surface area contributed by atoms with Crippen LogP contribution in [0.25, 0.3) is 0 Å². The van der Waals surface area contributed by atoms with Crippen molar-refractivity contribution in [2.75, 3.05) is 39.3 Å². The van der Waals surface area contributed by atoms with Crippen molar-refractivity contribution in [3.8, 4) is 0 Å². The monoisotopic (exact) mass is 501 g/mol. The lowest BCUT2D eigenvalue weighted by Crippen LogP contribution is -2.64. The van der Waals surface area contributed by atoms with Gasteiger partial charge in [0, 0.05) is 31.6 Å². The number of halogens is 6. The lowest BCUT2D eigenvalue weighted by atomic mass is 9.62. The van der Waals surface area contributed by atoms with Crippen molar-refractivity contribution < 1.29 is 45.8 Å². The molecule has 0 aromatic carbocycles. The van der Waals surface area contributed by atoms with Gasteiger partial charge in [-0.2, -0.15) is 26.3 Å². The Kier molecular flexibility index (Phi) is 6.60. The molecule has 3 heterocycles. The normalized spacial score (nSPS) is 31.8. The molecule has 4 fully saturated rings. The molecule has 4 rings (SSSR count). The number of hydrogen-bond donors (Lipinski definition) is 2. The van der Waals surface area contributed by atoms with Gasteiger partial charge in [-0.05, 0) is 32.1 Å². The summed E-state index contributed by atoms with van der Waals surface area (Å²) in [5, 5.41) is 13.6. The molecular formula is C21H29F6N3O4.